The molecule has 22 heavy (non-hydrogen) atoms. The number of carbonyl (C=O) groups is 1. The van der Waals surface area contributed by atoms with E-state index < -0.39 is 9.84 Å². The molecule has 2 atom stereocenters. The first-order chi connectivity index (χ1) is 10.3. The highest BCUT2D eigenvalue weighted by molar-refractivity contribution is 7.91. The summed E-state index contributed by atoms with van der Waals surface area (Å²) in [4.78, 5) is 14.7. The predicted molar refractivity (Wildman–Crippen MR) is 86.7 cm³/mol. The van der Waals surface area contributed by atoms with Crippen molar-refractivity contribution in [2.45, 2.75) is 44.2 Å². The summed E-state index contributed by atoms with van der Waals surface area (Å²) in [6, 6.07) is 6.93. The van der Waals surface area contributed by atoms with Crippen LogP contribution >= 0.6 is 0 Å². The fraction of sp³-hybridized carbons (Fsp3) is 0.562. The summed E-state index contributed by atoms with van der Waals surface area (Å²) in [5.74, 6) is -0.137. The molecule has 122 valence electrons. The molecule has 0 saturated carbocycles. The molecular formula is C16H24N2O3S. The summed E-state index contributed by atoms with van der Waals surface area (Å²) in [7, 11) is -3.41. The number of hydrogen-bond donors (Lipinski definition) is 1. The largest absolute Gasteiger partial charge is 0.336 e. The van der Waals surface area contributed by atoms with E-state index in [4.69, 9.17) is 0 Å². The lowest BCUT2D eigenvalue weighted by molar-refractivity contribution is 0.0670. The van der Waals surface area contributed by atoms with E-state index in [-0.39, 0.29) is 34.2 Å². The molecule has 0 spiro atoms. The Kier molecular flexibility index (Phi) is 5.24. The van der Waals surface area contributed by atoms with Gasteiger partial charge in [0, 0.05) is 25.2 Å². The maximum Gasteiger partial charge on any atom is 0.255 e. The molecular weight excluding hydrogens is 300 g/mol. The second kappa shape index (κ2) is 6.79. The van der Waals surface area contributed by atoms with Gasteiger partial charge in [0.2, 0.25) is 0 Å². The normalized spacial score (nSPS) is 22.6. The van der Waals surface area contributed by atoms with Gasteiger partial charge in [0.05, 0.1) is 16.2 Å². The van der Waals surface area contributed by atoms with E-state index in [1.807, 2.05) is 20.8 Å². The van der Waals surface area contributed by atoms with Gasteiger partial charge in [0.25, 0.3) is 5.91 Å². The van der Waals surface area contributed by atoms with Crippen LogP contribution in [0.1, 0.15) is 37.6 Å². The van der Waals surface area contributed by atoms with Gasteiger partial charge < -0.3 is 10.2 Å². The number of sulfone groups is 1. The molecule has 1 aromatic rings. The summed E-state index contributed by atoms with van der Waals surface area (Å²) in [6.07, 6.45) is 0.534. The summed E-state index contributed by atoms with van der Waals surface area (Å²) >= 11 is 0. The van der Waals surface area contributed by atoms with Crippen LogP contribution in [0.3, 0.4) is 0 Å². The number of rotatable bonds is 4. The SMILES string of the molecule is CCCS(=O)(=O)c1ccccc1C(=O)N1C[C@@H](C)N[C@@H](C)C1. The van der Waals surface area contributed by atoms with Crippen molar-refractivity contribution in [2.75, 3.05) is 18.8 Å². The molecule has 1 amide bonds. The second-order valence-electron chi connectivity index (χ2n) is 5.99. The molecule has 1 N–H and O–H groups in total. The molecule has 1 aromatic carbocycles. The Bertz CT molecular complexity index is 633. The van der Waals surface area contributed by atoms with Crippen molar-refractivity contribution in [3.8, 4) is 0 Å². The molecule has 1 aliphatic rings. The Balaban J connectivity index is 2.35. The zero-order valence-electron chi connectivity index (χ0n) is 13.4. The van der Waals surface area contributed by atoms with Gasteiger partial charge in [0.1, 0.15) is 0 Å². The Hall–Kier alpha value is -1.40. The zero-order valence-corrected chi connectivity index (χ0v) is 14.2. The van der Waals surface area contributed by atoms with Gasteiger partial charge in [-0.3, -0.25) is 4.79 Å². The quantitative estimate of drug-likeness (QED) is 0.915. The van der Waals surface area contributed by atoms with E-state index in [0.29, 0.717) is 19.5 Å². The van der Waals surface area contributed by atoms with Gasteiger partial charge in [-0.1, -0.05) is 19.1 Å². The fourth-order valence-corrected chi connectivity index (χ4v) is 4.49. The summed E-state index contributed by atoms with van der Waals surface area (Å²) in [6.45, 7) is 7.05. The maximum atomic E-state index is 12.8. The predicted octanol–water partition coefficient (Wildman–Crippen LogP) is 1.69. The molecule has 0 radical (unpaired) electrons. The molecule has 1 saturated heterocycles. The van der Waals surface area contributed by atoms with Crippen LogP contribution in [0.2, 0.25) is 0 Å². The standard InChI is InChI=1S/C16H24N2O3S/c1-4-9-22(20,21)15-8-6-5-7-14(15)16(19)18-10-12(2)17-13(3)11-18/h5-8,12-13,17H,4,9-11H2,1-3H3/t12-,13+. The third kappa shape index (κ3) is 3.67. The highest BCUT2D eigenvalue weighted by Gasteiger charge is 2.29. The Labute approximate surface area is 132 Å². The maximum absolute atomic E-state index is 12.8. The zero-order chi connectivity index (χ0) is 16.3. The van der Waals surface area contributed by atoms with Crippen LogP contribution < -0.4 is 5.32 Å². The molecule has 0 unspecified atom stereocenters. The molecule has 6 heteroatoms. The molecule has 1 fully saturated rings. The Morgan fingerprint density at radius 1 is 1.23 bits per heavy atom. The molecule has 0 aliphatic carbocycles. The van der Waals surface area contributed by atoms with Crippen LogP contribution in [0.25, 0.3) is 0 Å². The van der Waals surface area contributed by atoms with E-state index in [9.17, 15) is 13.2 Å². The first-order valence-corrected chi connectivity index (χ1v) is 9.37. The number of hydrogen-bond acceptors (Lipinski definition) is 4. The minimum Gasteiger partial charge on any atom is -0.336 e. The summed E-state index contributed by atoms with van der Waals surface area (Å²) in [5.41, 5.74) is 0.289. The van der Waals surface area contributed by atoms with Crippen LogP contribution in [0, 0.1) is 0 Å². The van der Waals surface area contributed by atoms with E-state index in [1.54, 1.807) is 23.1 Å². The number of piperazine rings is 1. The lowest BCUT2D eigenvalue weighted by atomic mass is 10.1. The number of nitrogens with one attached hydrogen (secondary N) is 1. The average Bonchev–Trinajstić information content (AvgIpc) is 2.45. The number of benzene rings is 1. The van der Waals surface area contributed by atoms with Crippen LogP contribution in [-0.2, 0) is 9.84 Å². The van der Waals surface area contributed by atoms with Gasteiger partial charge in [-0.2, -0.15) is 0 Å². The van der Waals surface area contributed by atoms with Gasteiger partial charge >= 0.3 is 0 Å². The first kappa shape index (κ1) is 17.0. The van der Waals surface area contributed by atoms with Gasteiger partial charge in [-0.25, -0.2) is 8.42 Å². The molecule has 1 heterocycles. The molecule has 2 rings (SSSR count). The highest BCUT2D eigenvalue weighted by atomic mass is 32.2. The van der Waals surface area contributed by atoms with Crippen molar-refractivity contribution in [2.24, 2.45) is 0 Å². The Morgan fingerprint density at radius 2 is 1.82 bits per heavy atom. The summed E-state index contributed by atoms with van der Waals surface area (Å²) < 4.78 is 24.8. The lowest BCUT2D eigenvalue weighted by Crippen LogP contribution is -2.55. The van der Waals surface area contributed by atoms with Crippen molar-refractivity contribution >= 4 is 15.7 Å². The number of amides is 1. The minimum absolute atomic E-state index is 0.0612. The topological polar surface area (TPSA) is 66.5 Å². The number of carbonyl (C=O) groups excluding carboxylic acids is 1. The van der Waals surface area contributed by atoms with Crippen molar-refractivity contribution in [3.05, 3.63) is 29.8 Å². The third-order valence-corrected chi connectivity index (χ3v) is 5.74. The molecule has 0 bridgehead atoms. The van der Waals surface area contributed by atoms with Crippen molar-refractivity contribution in [1.29, 1.82) is 0 Å². The molecule has 5 nitrogen and oxygen atoms in total. The minimum atomic E-state index is -3.41. The van der Waals surface area contributed by atoms with Crippen molar-refractivity contribution in [1.82, 2.24) is 10.2 Å². The van der Waals surface area contributed by atoms with E-state index in [1.165, 1.54) is 6.07 Å². The van der Waals surface area contributed by atoms with E-state index in [0.717, 1.165) is 0 Å². The van der Waals surface area contributed by atoms with Gasteiger partial charge in [-0.05, 0) is 32.4 Å². The Morgan fingerprint density at radius 3 is 2.41 bits per heavy atom. The van der Waals surface area contributed by atoms with Crippen LogP contribution in [0.15, 0.2) is 29.2 Å². The van der Waals surface area contributed by atoms with Crippen molar-refractivity contribution in [3.63, 3.8) is 0 Å². The smallest absolute Gasteiger partial charge is 0.255 e. The fourth-order valence-electron chi connectivity index (χ4n) is 2.96. The van der Waals surface area contributed by atoms with Gasteiger partial charge in [0.15, 0.2) is 9.84 Å². The lowest BCUT2D eigenvalue weighted by Gasteiger charge is -2.36. The molecule has 1 aliphatic heterocycles. The van der Waals surface area contributed by atoms with Crippen molar-refractivity contribution < 1.29 is 13.2 Å². The van der Waals surface area contributed by atoms with E-state index in [2.05, 4.69) is 5.32 Å². The first-order valence-electron chi connectivity index (χ1n) is 7.72. The van der Waals surface area contributed by atoms with Crippen LogP contribution in [0.4, 0.5) is 0 Å². The highest BCUT2D eigenvalue weighted by Crippen LogP contribution is 2.20. The molecule has 0 aromatic heterocycles. The van der Waals surface area contributed by atoms with Gasteiger partial charge in [-0.15, -0.1) is 0 Å². The monoisotopic (exact) mass is 324 g/mol. The van der Waals surface area contributed by atoms with Crippen LogP contribution in [-0.4, -0.2) is 50.2 Å². The average molecular weight is 324 g/mol. The second-order valence-corrected chi connectivity index (χ2v) is 8.07. The number of nitrogens with zero attached hydrogens (tertiary/aromatic N) is 1. The summed E-state index contributed by atoms with van der Waals surface area (Å²) in [5, 5.41) is 3.37. The van der Waals surface area contributed by atoms with E-state index >= 15 is 0 Å². The third-order valence-electron chi connectivity index (χ3n) is 3.77. The van der Waals surface area contributed by atoms with Crippen LogP contribution in [0.5, 0.6) is 0 Å².